The van der Waals surface area contributed by atoms with Gasteiger partial charge in [-0.1, -0.05) is 28.1 Å². The van der Waals surface area contributed by atoms with Crippen molar-refractivity contribution in [3.05, 3.63) is 62.6 Å². The highest BCUT2D eigenvalue weighted by atomic mass is 79.9. The second-order valence-corrected chi connectivity index (χ2v) is 5.90. The topological polar surface area (TPSA) is 81.5 Å². The molecule has 0 saturated carbocycles. The van der Waals surface area contributed by atoms with Crippen LogP contribution < -0.4 is 10.1 Å². The fourth-order valence-electron chi connectivity index (χ4n) is 1.92. The quantitative estimate of drug-likeness (QED) is 0.627. The molecule has 1 N–H and O–H groups in total. The highest BCUT2D eigenvalue weighted by Gasteiger charge is 2.21. The second kappa shape index (κ2) is 7.23. The molecular formula is C16H15BrN2O4. The molecule has 7 heteroatoms. The summed E-state index contributed by atoms with van der Waals surface area (Å²) < 4.78 is 6.29. The van der Waals surface area contributed by atoms with Crippen molar-refractivity contribution in [2.24, 2.45) is 0 Å². The minimum absolute atomic E-state index is 0.0671. The first kappa shape index (κ1) is 17.0. The van der Waals surface area contributed by atoms with E-state index < -0.39 is 16.9 Å². The van der Waals surface area contributed by atoms with Gasteiger partial charge in [0, 0.05) is 16.2 Å². The third-order valence-electron chi connectivity index (χ3n) is 3.08. The molecule has 2 aromatic carbocycles. The standard InChI is InChI=1S/C16H15BrN2O4/c1-10-6-7-15(14(8-10)19(21)22)23-11(2)16(20)18-13-5-3-4-12(17)9-13/h3-9,11H,1-2H3,(H,18,20)/t11-/m1/s1. The van der Waals surface area contributed by atoms with E-state index in [4.69, 9.17) is 4.74 Å². The van der Waals surface area contributed by atoms with Gasteiger partial charge in [0.15, 0.2) is 11.9 Å². The zero-order chi connectivity index (χ0) is 17.0. The second-order valence-electron chi connectivity index (χ2n) is 4.99. The lowest BCUT2D eigenvalue weighted by molar-refractivity contribution is -0.386. The summed E-state index contributed by atoms with van der Waals surface area (Å²) in [5, 5.41) is 13.8. The van der Waals surface area contributed by atoms with E-state index in [9.17, 15) is 14.9 Å². The molecule has 0 unspecified atom stereocenters. The molecule has 0 heterocycles. The van der Waals surface area contributed by atoms with E-state index in [0.29, 0.717) is 5.69 Å². The number of nitrogens with one attached hydrogen (secondary N) is 1. The molecule has 0 aliphatic heterocycles. The Morgan fingerprint density at radius 1 is 1.30 bits per heavy atom. The lowest BCUT2D eigenvalue weighted by Gasteiger charge is -2.15. The Kier molecular flexibility index (Phi) is 5.33. The number of nitrogens with zero attached hydrogens (tertiary/aromatic N) is 1. The number of rotatable bonds is 5. The average molecular weight is 379 g/mol. The van der Waals surface area contributed by atoms with Crippen molar-refractivity contribution in [2.45, 2.75) is 20.0 Å². The molecule has 0 bridgehead atoms. The van der Waals surface area contributed by atoms with Crippen LogP contribution >= 0.6 is 15.9 Å². The molecule has 0 saturated heterocycles. The monoisotopic (exact) mass is 378 g/mol. The highest BCUT2D eigenvalue weighted by Crippen LogP contribution is 2.28. The minimum Gasteiger partial charge on any atom is -0.474 e. The molecule has 120 valence electrons. The van der Waals surface area contributed by atoms with Crippen LogP contribution in [0.2, 0.25) is 0 Å². The Morgan fingerprint density at radius 3 is 2.70 bits per heavy atom. The molecule has 0 spiro atoms. The van der Waals surface area contributed by atoms with Crippen LogP contribution in [0.3, 0.4) is 0 Å². The van der Waals surface area contributed by atoms with E-state index in [1.165, 1.54) is 19.1 Å². The zero-order valence-electron chi connectivity index (χ0n) is 12.6. The van der Waals surface area contributed by atoms with E-state index >= 15 is 0 Å². The van der Waals surface area contributed by atoms with Gasteiger partial charge >= 0.3 is 5.69 Å². The highest BCUT2D eigenvalue weighted by molar-refractivity contribution is 9.10. The molecule has 23 heavy (non-hydrogen) atoms. The molecule has 2 aromatic rings. The van der Waals surface area contributed by atoms with E-state index in [2.05, 4.69) is 21.2 Å². The van der Waals surface area contributed by atoms with Gasteiger partial charge in [0.1, 0.15) is 0 Å². The molecule has 0 aliphatic carbocycles. The van der Waals surface area contributed by atoms with E-state index in [-0.39, 0.29) is 11.4 Å². The summed E-state index contributed by atoms with van der Waals surface area (Å²) >= 11 is 3.32. The van der Waals surface area contributed by atoms with Crippen molar-refractivity contribution in [3.63, 3.8) is 0 Å². The van der Waals surface area contributed by atoms with Crippen molar-refractivity contribution in [1.29, 1.82) is 0 Å². The van der Waals surface area contributed by atoms with Crippen LogP contribution in [0.25, 0.3) is 0 Å². The number of hydrogen-bond donors (Lipinski definition) is 1. The smallest absolute Gasteiger partial charge is 0.311 e. The number of anilines is 1. The summed E-state index contributed by atoms with van der Waals surface area (Å²) in [6, 6.07) is 11.7. The fourth-order valence-corrected chi connectivity index (χ4v) is 2.32. The first-order chi connectivity index (χ1) is 10.9. The number of carbonyl (C=O) groups is 1. The lowest BCUT2D eigenvalue weighted by atomic mass is 10.2. The number of amides is 1. The molecule has 0 aromatic heterocycles. The first-order valence-corrected chi connectivity index (χ1v) is 7.64. The van der Waals surface area contributed by atoms with Crippen molar-refractivity contribution >= 4 is 33.2 Å². The Morgan fingerprint density at radius 2 is 2.04 bits per heavy atom. The molecular weight excluding hydrogens is 364 g/mol. The summed E-state index contributed by atoms with van der Waals surface area (Å²) in [7, 11) is 0. The average Bonchev–Trinajstić information content (AvgIpc) is 2.48. The molecule has 2 rings (SSSR count). The molecule has 1 atom stereocenters. The normalized spacial score (nSPS) is 11.6. The summed E-state index contributed by atoms with van der Waals surface area (Å²) in [6.45, 7) is 3.29. The van der Waals surface area contributed by atoms with Crippen molar-refractivity contribution in [1.82, 2.24) is 0 Å². The van der Waals surface area contributed by atoms with Gasteiger partial charge in [0.25, 0.3) is 5.91 Å². The lowest BCUT2D eigenvalue weighted by Crippen LogP contribution is -2.30. The zero-order valence-corrected chi connectivity index (χ0v) is 14.2. The SMILES string of the molecule is Cc1ccc(O[C@H](C)C(=O)Nc2cccc(Br)c2)c([N+](=O)[O-])c1. The summed E-state index contributed by atoms with van der Waals surface area (Å²) in [5.74, 6) is -0.324. The molecule has 0 radical (unpaired) electrons. The van der Waals surface area contributed by atoms with Gasteiger partial charge in [-0.3, -0.25) is 14.9 Å². The number of hydrogen-bond acceptors (Lipinski definition) is 4. The predicted molar refractivity (Wildman–Crippen MR) is 90.7 cm³/mol. The van der Waals surface area contributed by atoms with Crippen LogP contribution in [0, 0.1) is 17.0 Å². The Hall–Kier alpha value is -2.41. The summed E-state index contributed by atoms with van der Waals surface area (Å²) in [5.41, 5.74) is 1.20. The van der Waals surface area contributed by atoms with Gasteiger partial charge in [-0.25, -0.2) is 0 Å². The summed E-state index contributed by atoms with van der Waals surface area (Å²) in [6.07, 6.45) is -0.879. The van der Waals surface area contributed by atoms with Gasteiger partial charge < -0.3 is 10.1 Å². The molecule has 6 nitrogen and oxygen atoms in total. The maximum Gasteiger partial charge on any atom is 0.311 e. The van der Waals surface area contributed by atoms with Gasteiger partial charge in [-0.2, -0.15) is 0 Å². The fraction of sp³-hybridized carbons (Fsp3) is 0.188. The molecule has 0 fully saturated rings. The van der Waals surface area contributed by atoms with Gasteiger partial charge in [0.05, 0.1) is 4.92 Å². The molecule has 0 aliphatic rings. The summed E-state index contributed by atoms with van der Waals surface area (Å²) in [4.78, 5) is 22.7. The third-order valence-corrected chi connectivity index (χ3v) is 3.57. The van der Waals surface area contributed by atoms with Crippen LogP contribution in [-0.2, 0) is 4.79 Å². The molecule has 1 amide bonds. The number of nitro groups is 1. The Balaban J connectivity index is 2.11. The van der Waals surface area contributed by atoms with Crippen LogP contribution in [0.4, 0.5) is 11.4 Å². The van der Waals surface area contributed by atoms with E-state index in [1.807, 2.05) is 6.07 Å². The largest absolute Gasteiger partial charge is 0.474 e. The first-order valence-electron chi connectivity index (χ1n) is 6.85. The van der Waals surface area contributed by atoms with Crippen molar-refractivity contribution in [2.75, 3.05) is 5.32 Å². The van der Waals surface area contributed by atoms with Gasteiger partial charge in [0.2, 0.25) is 0 Å². The van der Waals surface area contributed by atoms with Crippen LogP contribution in [0.5, 0.6) is 5.75 Å². The van der Waals surface area contributed by atoms with E-state index in [0.717, 1.165) is 10.0 Å². The number of nitro benzene ring substituents is 1. The Bertz CT molecular complexity index is 749. The van der Waals surface area contributed by atoms with Crippen LogP contribution in [0.15, 0.2) is 46.9 Å². The van der Waals surface area contributed by atoms with E-state index in [1.54, 1.807) is 31.2 Å². The number of ether oxygens (including phenoxy) is 1. The number of benzene rings is 2. The minimum atomic E-state index is -0.879. The maximum atomic E-state index is 12.2. The number of aryl methyl sites for hydroxylation is 1. The number of carbonyl (C=O) groups excluding carboxylic acids is 1. The third kappa shape index (κ3) is 4.53. The Labute approximate surface area is 141 Å². The predicted octanol–water partition coefficient (Wildman–Crippen LogP) is 4.07. The maximum absolute atomic E-state index is 12.2. The van der Waals surface area contributed by atoms with Crippen LogP contribution in [-0.4, -0.2) is 16.9 Å². The van der Waals surface area contributed by atoms with Gasteiger partial charge in [-0.05, 0) is 43.7 Å². The van der Waals surface area contributed by atoms with Crippen LogP contribution in [0.1, 0.15) is 12.5 Å². The van der Waals surface area contributed by atoms with Crippen molar-refractivity contribution in [3.8, 4) is 5.75 Å². The van der Waals surface area contributed by atoms with Gasteiger partial charge in [-0.15, -0.1) is 0 Å². The number of halogens is 1. The van der Waals surface area contributed by atoms with Crippen molar-refractivity contribution < 1.29 is 14.5 Å².